The van der Waals surface area contributed by atoms with Gasteiger partial charge in [-0.05, 0) is 24.3 Å². The number of benzene rings is 6. The van der Waals surface area contributed by atoms with Gasteiger partial charge in [-0.15, -0.1) is 11.3 Å². The summed E-state index contributed by atoms with van der Waals surface area (Å²) in [6, 6.07) is 52.4. The monoisotopic (exact) mass is 631 g/mol. The summed E-state index contributed by atoms with van der Waals surface area (Å²) >= 11 is 1.81. The minimum atomic E-state index is 0.627. The molecular formula is C43H25N3OS. The van der Waals surface area contributed by atoms with Crippen LogP contribution in [0.3, 0.4) is 0 Å². The number of nitrogens with zero attached hydrogens (tertiary/aromatic N) is 3. The van der Waals surface area contributed by atoms with Crippen LogP contribution in [0.4, 0.5) is 0 Å². The van der Waals surface area contributed by atoms with Gasteiger partial charge in [0, 0.05) is 48.3 Å². The number of pyridine rings is 1. The van der Waals surface area contributed by atoms with Gasteiger partial charge in [-0.3, -0.25) is 0 Å². The van der Waals surface area contributed by atoms with Crippen molar-refractivity contribution in [3.8, 4) is 45.2 Å². The first-order valence-electron chi connectivity index (χ1n) is 15.9. The van der Waals surface area contributed by atoms with Crippen LogP contribution in [0, 0.1) is 0 Å². The Balaban J connectivity index is 1.14. The van der Waals surface area contributed by atoms with Gasteiger partial charge < -0.3 is 4.42 Å². The third-order valence-electron chi connectivity index (χ3n) is 9.11. The van der Waals surface area contributed by atoms with Gasteiger partial charge in [-0.25, -0.2) is 15.0 Å². The zero-order chi connectivity index (χ0) is 31.6. The Kier molecular flexibility index (Phi) is 6.01. The zero-order valence-corrected chi connectivity index (χ0v) is 26.4. The Morgan fingerprint density at radius 1 is 0.458 bits per heavy atom. The fourth-order valence-electron chi connectivity index (χ4n) is 6.80. The molecule has 5 heteroatoms. The molecule has 0 unspecified atom stereocenters. The maximum Gasteiger partial charge on any atom is 0.164 e. The number of rotatable bonds is 4. The molecule has 0 saturated heterocycles. The summed E-state index contributed by atoms with van der Waals surface area (Å²) in [7, 11) is 0. The predicted molar refractivity (Wildman–Crippen MR) is 199 cm³/mol. The van der Waals surface area contributed by atoms with Crippen molar-refractivity contribution in [3.63, 3.8) is 0 Å². The second kappa shape index (κ2) is 10.7. The molecular weight excluding hydrogens is 607 g/mol. The van der Waals surface area contributed by atoms with Gasteiger partial charge in [0.05, 0.1) is 32.9 Å². The first-order valence-corrected chi connectivity index (χ1v) is 16.8. The third-order valence-corrected chi connectivity index (χ3v) is 10.3. The lowest BCUT2D eigenvalue weighted by atomic mass is 10.0. The molecule has 0 aliphatic carbocycles. The average molecular weight is 632 g/mol. The Morgan fingerprint density at radius 2 is 1.08 bits per heavy atom. The van der Waals surface area contributed by atoms with E-state index in [1.165, 1.54) is 20.2 Å². The minimum absolute atomic E-state index is 0.627. The van der Waals surface area contributed by atoms with E-state index in [1.54, 1.807) is 0 Å². The number of aromatic nitrogens is 3. The first-order chi connectivity index (χ1) is 23.8. The molecule has 0 spiro atoms. The van der Waals surface area contributed by atoms with Crippen molar-refractivity contribution in [1.29, 1.82) is 0 Å². The van der Waals surface area contributed by atoms with Gasteiger partial charge >= 0.3 is 0 Å². The van der Waals surface area contributed by atoms with Crippen LogP contribution < -0.4 is 0 Å². The van der Waals surface area contributed by atoms with Crippen LogP contribution in [0.15, 0.2) is 156 Å². The normalized spacial score (nSPS) is 11.8. The summed E-state index contributed by atoms with van der Waals surface area (Å²) in [6.45, 7) is 0. The van der Waals surface area contributed by atoms with Crippen LogP contribution in [-0.4, -0.2) is 15.0 Å². The maximum atomic E-state index is 6.39. The standard InChI is InChI=1S/C43H25N3OS/c1-2-11-26(12-3-1)35-25-36(45-43(44-35)34-18-10-17-31-29-13-6-8-19-37(29)47-41(31)34)27-21-23-28(24-22-27)39-30-14-4-5-15-32(30)42-40(46-39)33-16-7-9-20-38(33)48-42/h1-25H. The average Bonchev–Trinajstić information content (AvgIpc) is 3.74. The fraction of sp³-hybridized carbons (Fsp3) is 0. The summed E-state index contributed by atoms with van der Waals surface area (Å²) in [5, 5.41) is 5.72. The van der Waals surface area contributed by atoms with Crippen LogP contribution >= 0.6 is 11.3 Å². The van der Waals surface area contributed by atoms with E-state index in [2.05, 4.69) is 109 Å². The van der Waals surface area contributed by atoms with Crippen LogP contribution in [0.2, 0.25) is 0 Å². The highest BCUT2D eigenvalue weighted by Gasteiger charge is 2.18. The van der Waals surface area contributed by atoms with Gasteiger partial charge in [0.1, 0.15) is 11.2 Å². The minimum Gasteiger partial charge on any atom is -0.455 e. The van der Waals surface area contributed by atoms with Gasteiger partial charge in [-0.2, -0.15) is 0 Å². The maximum absolute atomic E-state index is 6.39. The molecule has 48 heavy (non-hydrogen) atoms. The van der Waals surface area contributed by atoms with Gasteiger partial charge in [0.2, 0.25) is 0 Å². The van der Waals surface area contributed by atoms with Gasteiger partial charge in [-0.1, -0.05) is 127 Å². The Hall–Kier alpha value is -6.17. The van der Waals surface area contributed by atoms with Crippen molar-refractivity contribution >= 4 is 64.4 Å². The first kappa shape index (κ1) is 27.0. The van der Waals surface area contributed by atoms with Crippen LogP contribution in [0.25, 0.3) is 98.2 Å². The molecule has 0 fully saturated rings. The fourth-order valence-corrected chi connectivity index (χ4v) is 7.98. The lowest BCUT2D eigenvalue weighted by molar-refractivity contribution is 0.669. The van der Waals surface area contributed by atoms with Crippen molar-refractivity contribution in [2.75, 3.05) is 0 Å². The van der Waals surface area contributed by atoms with Crippen molar-refractivity contribution < 1.29 is 4.42 Å². The van der Waals surface area contributed by atoms with E-state index < -0.39 is 0 Å². The number of hydrogen-bond acceptors (Lipinski definition) is 5. The smallest absolute Gasteiger partial charge is 0.164 e. The summed E-state index contributed by atoms with van der Waals surface area (Å²) < 4.78 is 8.88. The molecule has 6 aromatic carbocycles. The summed E-state index contributed by atoms with van der Waals surface area (Å²) in [5.74, 6) is 0.627. The quantitative estimate of drug-likeness (QED) is 0.194. The summed E-state index contributed by atoms with van der Waals surface area (Å²) in [5.41, 5.74) is 9.35. The molecule has 4 aromatic heterocycles. The molecule has 4 heterocycles. The van der Waals surface area contributed by atoms with E-state index in [9.17, 15) is 0 Å². The lowest BCUT2D eigenvalue weighted by Gasteiger charge is -2.11. The molecule has 0 N–H and O–H groups in total. The van der Waals surface area contributed by atoms with Gasteiger partial charge in [0.25, 0.3) is 0 Å². The Morgan fingerprint density at radius 3 is 1.90 bits per heavy atom. The van der Waals surface area contributed by atoms with E-state index in [0.717, 1.165) is 72.2 Å². The SMILES string of the molecule is c1ccc(-c2cc(-c3ccc(-c4nc5c6ccccc6sc5c5ccccc45)cc3)nc(-c3cccc4c3oc3ccccc34)n2)cc1. The largest absolute Gasteiger partial charge is 0.455 e. The van der Waals surface area contributed by atoms with Crippen molar-refractivity contribution in [3.05, 3.63) is 152 Å². The molecule has 10 rings (SSSR count). The zero-order valence-electron chi connectivity index (χ0n) is 25.6. The Bertz CT molecular complexity index is 2830. The number of para-hydroxylation sites is 2. The highest BCUT2D eigenvalue weighted by atomic mass is 32.1. The van der Waals surface area contributed by atoms with E-state index in [4.69, 9.17) is 19.4 Å². The molecule has 4 nitrogen and oxygen atoms in total. The molecule has 0 aliphatic rings. The molecule has 0 radical (unpaired) electrons. The molecule has 0 amide bonds. The summed E-state index contributed by atoms with van der Waals surface area (Å²) in [4.78, 5) is 15.5. The number of fused-ring (bicyclic) bond motifs is 8. The predicted octanol–water partition coefficient (Wildman–Crippen LogP) is 12.0. The van der Waals surface area contributed by atoms with Gasteiger partial charge in [0.15, 0.2) is 5.82 Å². The van der Waals surface area contributed by atoms with Crippen molar-refractivity contribution in [2.45, 2.75) is 0 Å². The molecule has 0 aliphatic heterocycles. The van der Waals surface area contributed by atoms with E-state index in [-0.39, 0.29) is 0 Å². The molecule has 10 aromatic rings. The summed E-state index contributed by atoms with van der Waals surface area (Å²) in [6.07, 6.45) is 0. The van der Waals surface area contributed by atoms with E-state index >= 15 is 0 Å². The topological polar surface area (TPSA) is 51.8 Å². The Labute approximate surface area is 279 Å². The molecule has 0 atom stereocenters. The highest BCUT2D eigenvalue weighted by molar-refractivity contribution is 7.26. The number of hydrogen-bond donors (Lipinski definition) is 0. The lowest BCUT2D eigenvalue weighted by Crippen LogP contribution is -1.96. The third kappa shape index (κ3) is 4.25. The highest BCUT2D eigenvalue weighted by Crippen LogP contribution is 2.41. The van der Waals surface area contributed by atoms with Crippen LogP contribution in [0.1, 0.15) is 0 Å². The van der Waals surface area contributed by atoms with Crippen LogP contribution in [-0.2, 0) is 0 Å². The van der Waals surface area contributed by atoms with Crippen LogP contribution in [0.5, 0.6) is 0 Å². The molecule has 0 bridgehead atoms. The number of thiophene rings is 1. The number of furan rings is 1. The van der Waals surface area contributed by atoms with E-state index in [1.807, 2.05) is 53.8 Å². The second-order valence-electron chi connectivity index (χ2n) is 12.0. The van der Waals surface area contributed by atoms with E-state index in [0.29, 0.717) is 5.82 Å². The second-order valence-corrected chi connectivity index (χ2v) is 13.0. The molecule has 224 valence electrons. The van der Waals surface area contributed by atoms with Crippen molar-refractivity contribution in [1.82, 2.24) is 15.0 Å². The van der Waals surface area contributed by atoms with Crippen molar-refractivity contribution in [2.24, 2.45) is 0 Å². The molecule has 0 saturated carbocycles.